The van der Waals surface area contributed by atoms with E-state index >= 15 is 0 Å². The molecule has 2 aliphatic rings. The molecule has 0 amide bonds. The number of rotatable bonds is 17. The summed E-state index contributed by atoms with van der Waals surface area (Å²) in [7, 11) is 2.78. The molecule has 0 unspecified atom stereocenters. The summed E-state index contributed by atoms with van der Waals surface area (Å²) in [6, 6.07) is 29.4. The van der Waals surface area contributed by atoms with Crippen molar-refractivity contribution in [3.63, 3.8) is 0 Å². The largest absolute Gasteiger partial charge is 0.497 e. The number of hydrogen-bond donors (Lipinski definition) is 0. The second kappa shape index (κ2) is 23.3. The molecule has 2 heterocycles. The van der Waals surface area contributed by atoms with Gasteiger partial charge in [-0.25, -0.2) is 14.4 Å². The normalized spacial score (nSPS) is 24.9. The van der Waals surface area contributed by atoms with Crippen molar-refractivity contribution in [2.45, 2.75) is 82.1 Å². The summed E-state index contributed by atoms with van der Waals surface area (Å²) in [5.74, 6) is -4.23. The first-order valence-electron chi connectivity index (χ1n) is 20.7. The molecule has 2 saturated heterocycles. The van der Waals surface area contributed by atoms with Crippen LogP contribution in [-0.4, -0.2) is 131 Å². The van der Waals surface area contributed by atoms with Gasteiger partial charge in [0.15, 0.2) is 43.1 Å². The van der Waals surface area contributed by atoms with Crippen LogP contribution in [0.1, 0.15) is 57.4 Å². The van der Waals surface area contributed by atoms with E-state index in [9.17, 15) is 28.8 Å². The zero-order valence-electron chi connectivity index (χ0n) is 36.6. The lowest BCUT2D eigenvalue weighted by Gasteiger charge is -2.46. The first-order chi connectivity index (χ1) is 31.8. The number of benzene rings is 4. The fourth-order valence-electron chi connectivity index (χ4n) is 7.13. The van der Waals surface area contributed by atoms with Crippen molar-refractivity contribution in [1.82, 2.24) is 0 Å². The number of carbonyl (C=O) groups excluding carboxylic acids is 6. The molecule has 18 heteroatoms. The molecule has 10 atom stereocenters. The summed E-state index contributed by atoms with van der Waals surface area (Å²) in [5, 5.41) is 0. The molecule has 0 aromatic heterocycles. The standard InChI is InChI=1S/C48H49NO17/c1-28(50)58-26-36-39(60-29(2)51)41(61-30(3)52)38(49-25-31-21-23-35(56-4)24-22-31)47(62-36)59-27-37-40(64-44(53)32-15-9-6-10-16-32)42(65-45(54)33-17-11-7-12-18-33)43(48(57-5)63-37)66-46(55)34-19-13-8-14-20-34/h6-25,36-43,47-48H,26-27H2,1-5H3/t36-,37-,38-,39+,40-,41-,42+,43-,47+,48+/m1/s1. The third kappa shape index (κ3) is 12.8. The minimum atomic E-state index is -1.61. The summed E-state index contributed by atoms with van der Waals surface area (Å²) < 4.78 is 65.1. The molecular formula is C48H49NO17. The Morgan fingerprint density at radius 3 is 1.45 bits per heavy atom. The molecule has 0 radical (unpaired) electrons. The van der Waals surface area contributed by atoms with Gasteiger partial charge >= 0.3 is 35.8 Å². The molecule has 66 heavy (non-hydrogen) atoms. The molecule has 0 aliphatic carbocycles. The van der Waals surface area contributed by atoms with Crippen molar-refractivity contribution in [2.75, 3.05) is 27.4 Å². The minimum absolute atomic E-state index is 0.120. The van der Waals surface area contributed by atoms with Crippen molar-refractivity contribution < 1.29 is 80.9 Å². The average Bonchev–Trinajstić information content (AvgIpc) is 3.32. The Labute approximate surface area is 379 Å². The second-order valence-corrected chi connectivity index (χ2v) is 14.9. The summed E-state index contributed by atoms with van der Waals surface area (Å²) in [6.45, 7) is 2.41. The zero-order valence-corrected chi connectivity index (χ0v) is 36.6. The predicted molar refractivity (Wildman–Crippen MR) is 229 cm³/mol. The van der Waals surface area contributed by atoms with E-state index in [4.69, 9.17) is 57.1 Å². The minimum Gasteiger partial charge on any atom is -0.497 e. The lowest BCUT2D eigenvalue weighted by atomic mass is 9.96. The average molecular weight is 912 g/mol. The fourth-order valence-corrected chi connectivity index (χ4v) is 7.13. The summed E-state index contributed by atoms with van der Waals surface area (Å²) in [5.41, 5.74) is 0.970. The molecule has 0 spiro atoms. The van der Waals surface area contributed by atoms with Crippen LogP contribution in [0, 0.1) is 0 Å². The number of methoxy groups -OCH3 is 2. The third-order valence-corrected chi connectivity index (χ3v) is 10.2. The van der Waals surface area contributed by atoms with Gasteiger partial charge in [0, 0.05) is 34.1 Å². The highest BCUT2D eigenvalue weighted by molar-refractivity contribution is 5.91. The van der Waals surface area contributed by atoms with Gasteiger partial charge in [0.2, 0.25) is 0 Å². The highest BCUT2D eigenvalue weighted by Gasteiger charge is 2.55. The fraction of sp³-hybridized carbons (Fsp3) is 0.354. The molecule has 18 nitrogen and oxygen atoms in total. The van der Waals surface area contributed by atoms with Crippen LogP contribution in [0.15, 0.2) is 120 Å². The summed E-state index contributed by atoms with van der Waals surface area (Å²) >= 11 is 0. The van der Waals surface area contributed by atoms with E-state index in [-0.39, 0.29) is 16.7 Å². The smallest absolute Gasteiger partial charge is 0.338 e. The number of hydrogen-bond acceptors (Lipinski definition) is 18. The van der Waals surface area contributed by atoms with E-state index in [1.54, 1.807) is 78.9 Å². The summed E-state index contributed by atoms with van der Waals surface area (Å²) in [4.78, 5) is 83.5. The van der Waals surface area contributed by atoms with E-state index in [0.717, 1.165) is 20.8 Å². The quantitative estimate of drug-likeness (QED) is 0.0797. The van der Waals surface area contributed by atoms with Crippen LogP contribution >= 0.6 is 0 Å². The number of ether oxygens (including phenoxy) is 11. The molecule has 4 aromatic carbocycles. The predicted octanol–water partition coefficient (Wildman–Crippen LogP) is 4.70. The second-order valence-electron chi connectivity index (χ2n) is 14.9. The molecule has 0 bridgehead atoms. The number of aliphatic imine (C=N–C) groups is 1. The van der Waals surface area contributed by atoms with E-state index in [2.05, 4.69) is 0 Å². The van der Waals surface area contributed by atoms with Crippen LogP contribution < -0.4 is 4.74 Å². The number of esters is 6. The monoisotopic (exact) mass is 911 g/mol. The van der Waals surface area contributed by atoms with Crippen LogP contribution in [0.25, 0.3) is 0 Å². The van der Waals surface area contributed by atoms with Crippen LogP contribution in [-0.2, 0) is 61.8 Å². The molecule has 0 N–H and O–H groups in total. The molecule has 2 aliphatic heterocycles. The maximum atomic E-state index is 13.9. The SMILES string of the molecule is COc1ccc(C=N[C@H]2[C@@H](OC[C@H]3O[C@H](OC)[C@H](OC(=O)c4ccccc4)[C@@H](OC(=O)c4ccccc4)[C@@H]3OC(=O)c3ccccc3)O[C@H](COC(C)=O)[C@H](OC(C)=O)[C@@H]2OC(C)=O)cc1. The van der Waals surface area contributed by atoms with Crippen LogP contribution in [0.5, 0.6) is 5.75 Å². The van der Waals surface area contributed by atoms with Gasteiger partial charge in [0.1, 0.15) is 30.6 Å². The Bertz CT molecular complexity index is 2290. The Kier molecular flexibility index (Phi) is 17.1. The van der Waals surface area contributed by atoms with Crippen molar-refractivity contribution in [3.8, 4) is 5.75 Å². The molecule has 2 fully saturated rings. The lowest BCUT2D eigenvalue weighted by Crippen LogP contribution is -2.64. The number of carbonyl (C=O) groups is 6. The Morgan fingerprint density at radius 1 is 0.515 bits per heavy atom. The van der Waals surface area contributed by atoms with Gasteiger partial charge in [-0.15, -0.1) is 0 Å². The summed E-state index contributed by atoms with van der Waals surface area (Å²) in [6.07, 6.45) is -11.7. The molecule has 4 aromatic rings. The van der Waals surface area contributed by atoms with E-state index in [1.165, 1.54) is 56.8 Å². The van der Waals surface area contributed by atoms with Gasteiger partial charge < -0.3 is 52.1 Å². The van der Waals surface area contributed by atoms with Crippen LogP contribution in [0.2, 0.25) is 0 Å². The molecule has 348 valence electrons. The Hall–Kier alpha value is -6.99. The third-order valence-electron chi connectivity index (χ3n) is 10.2. The highest BCUT2D eigenvalue weighted by Crippen LogP contribution is 2.34. The first-order valence-corrected chi connectivity index (χ1v) is 20.7. The van der Waals surface area contributed by atoms with Crippen molar-refractivity contribution in [3.05, 3.63) is 138 Å². The maximum Gasteiger partial charge on any atom is 0.338 e. The van der Waals surface area contributed by atoms with Gasteiger partial charge in [-0.3, -0.25) is 19.4 Å². The highest BCUT2D eigenvalue weighted by atomic mass is 16.7. The Balaban J connectivity index is 1.41. The zero-order chi connectivity index (χ0) is 47.2. The molecule has 0 saturated carbocycles. The van der Waals surface area contributed by atoms with E-state index in [1.807, 2.05) is 0 Å². The first kappa shape index (κ1) is 48.5. The molecular weight excluding hydrogens is 863 g/mol. The van der Waals surface area contributed by atoms with Gasteiger partial charge in [-0.2, -0.15) is 0 Å². The van der Waals surface area contributed by atoms with Crippen molar-refractivity contribution in [2.24, 2.45) is 4.99 Å². The lowest BCUT2D eigenvalue weighted by molar-refractivity contribution is -0.313. The van der Waals surface area contributed by atoms with Crippen LogP contribution in [0.3, 0.4) is 0 Å². The van der Waals surface area contributed by atoms with Crippen molar-refractivity contribution in [1.29, 1.82) is 0 Å². The van der Waals surface area contributed by atoms with E-state index in [0.29, 0.717) is 11.3 Å². The van der Waals surface area contributed by atoms with Crippen LogP contribution in [0.4, 0.5) is 0 Å². The van der Waals surface area contributed by atoms with Gasteiger partial charge in [-0.1, -0.05) is 54.6 Å². The van der Waals surface area contributed by atoms with Crippen molar-refractivity contribution >= 4 is 42.0 Å². The Morgan fingerprint density at radius 2 is 0.970 bits per heavy atom. The van der Waals surface area contributed by atoms with E-state index < -0.39 is 110 Å². The number of nitrogens with zero attached hydrogens (tertiary/aromatic N) is 1. The van der Waals surface area contributed by atoms with Gasteiger partial charge in [0.05, 0.1) is 30.4 Å². The van der Waals surface area contributed by atoms with Gasteiger partial charge in [-0.05, 0) is 66.2 Å². The van der Waals surface area contributed by atoms with Gasteiger partial charge in [0.25, 0.3) is 0 Å². The maximum absolute atomic E-state index is 13.9. The molecule has 6 rings (SSSR count). The topological polar surface area (TPSA) is 216 Å².